The summed E-state index contributed by atoms with van der Waals surface area (Å²) in [5.74, 6) is 0.325. The van der Waals surface area contributed by atoms with E-state index < -0.39 is 4.93 Å². The molecule has 1 aromatic carbocycles. The second kappa shape index (κ2) is 4.71. The molecule has 0 heterocycles. The van der Waals surface area contributed by atoms with Gasteiger partial charge in [0.15, 0.2) is 0 Å². The highest BCUT2D eigenvalue weighted by Gasteiger charge is 2.12. The van der Waals surface area contributed by atoms with Gasteiger partial charge in [0.25, 0.3) is 0 Å². The molecule has 1 unspecified atom stereocenters. The summed E-state index contributed by atoms with van der Waals surface area (Å²) in [7, 11) is 0. The molecule has 0 fully saturated rings. The van der Waals surface area contributed by atoms with Crippen LogP contribution in [0.3, 0.4) is 0 Å². The van der Waals surface area contributed by atoms with Crippen molar-refractivity contribution < 1.29 is 10.2 Å². The van der Waals surface area contributed by atoms with Gasteiger partial charge in [-0.05, 0) is 37.8 Å². The van der Waals surface area contributed by atoms with Crippen LogP contribution in [0.1, 0.15) is 25.3 Å². The summed E-state index contributed by atoms with van der Waals surface area (Å²) in [6, 6.07) is 7.26. The number of para-hydroxylation sites is 1. The minimum absolute atomic E-state index is 0.325. The SMILES string of the molecule is CC(O)(S)CCCc1ccccc1O. The fourth-order valence-electron chi connectivity index (χ4n) is 1.34. The van der Waals surface area contributed by atoms with Crippen molar-refractivity contribution in [3.8, 4) is 5.75 Å². The van der Waals surface area contributed by atoms with Crippen molar-refractivity contribution in [1.82, 2.24) is 0 Å². The Labute approximate surface area is 90.0 Å². The van der Waals surface area contributed by atoms with Crippen LogP contribution in [0.25, 0.3) is 0 Å². The molecular weight excluding hydrogens is 196 g/mol. The van der Waals surface area contributed by atoms with Crippen LogP contribution < -0.4 is 0 Å². The van der Waals surface area contributed by atoms with Crippen molar-refractivity contribution in [1.29, 1.82) is 0 Å². The molecule has 0 aliphatic heterocycles. The van der Waals surface area contributed by atoms with E-state index in [-0.39, 0.29) is 0 Å². The Morgan fingerprint density at radius 3 is 2.57 bits per heavy atom. The summed E-state index contributed by atoms with van der Waals surface area (Å²) in [6.07, 6.45) is 2.20. The van der Waals surface area contributed by atoms with Gasteiger partial charge in [-0.25, -0.2) is 0 Å². The maximum absolute atomic E-state index is 9.46. The number of hydrogen-bond acceptors (Lipinski definition) is 3. The molecule has 1 aromatic rings. The average Bonchev–Trinajstić information content (AvgIpc) is 2.06. The standard InChI is InChI=1S/C11H16O2S/c1-11(13,14)8-4-6-9-5-2-3-7-10(9)12/h2-3,5,7,12-14H,4,6,8H2,1H3. The Bertz CT molecular complexity index is 292. The van der Waals surface area contributed by atoms with Crippen LogP contribution in [0.5, 0.6) is 5.75 Å². The number of benzene rings is 1. The van der Waals surface area contributed by atoms with Crippen molar-refractivity contribution in [3.63, 3.8) is 0 Å². The van der Waals surface area contributed by atoms with Crippen molar-refractivity contribution >= 4 is 12.6 Å². The molecule has 0 aromatic heterocycles. The third-order valence-electron chi connectivity index (χ3n) is 2.09. The summed E-state index contributed by atoms with van der Waals surface area (Å²) in [5, 5.41) is 18.8. The van der Waals surface area contributed by atoms with Gasteiger partial charge in [0, 0.05) is 0 Å². The van der Waals surface area contributed by atoms with Crippen LogP contribution >= 0.6 is 12.6 Å². The van der Waals surface area contributed by atoms with Crippen LogP contribution in [0.2, 0.25) is 0 Å². The quantitative estimate of drug-likeness (QED) is 0.529. The minimum atomic E-state index is -0.912. The molecule has 0 aliphatic carbocycles. The first kappa shape index (κ1) is 11.4. The van der Waals surface area contributed by atoms with E-state index in [2.05, 4.69) is 12.6 Å². The predicted molar refractivity (Wildman–Crippen MR) is 60.7 cm³/mol. The van der Waals surface area contributed by atoms with Crippen molar-refractivity contribution in [2.75, 3.05) is 0 Å². The minimum Gasteiger partial charge on any atom is -0.508 e. The zero-order chi connectivity index (χ0) is 10.6. The van der Waals surface area contributed by atoms with E-state index in [0.29, 0.717) is 12.2 Å². The van der Waals surface area contributed by atoms with Crippen LogP contribution in [0.4, 0.5) is 0 Å². The summed E-state index contributed by atoms with van der Waals surface area (Å²) >= 11 is 4.02. The van der Waals surface area contributed by atoms with Gasteiger partial charge < -0.3 is 10.2 Å². The molecule has 0 saturated heterocycles. The smallest absolute Gasteiger partial charge is 0.118 e. The Kier molecular flexibility index (Phi) is 3.84. The van der Waals surface area contributed by atoms with E-state index in [1.165, 1.54) is 0 Å². The molecule has 14 heavy (non-hydrogen) atoms. The number of phenolic OH excluding ortho intramolecular Hbond substituents is 1. The lowest BCUT2D eigenvalue weighted by molar-refractivity contribution is 0.147. The fraction of sp³-hybridized carbons (Fsp3) is 0.455. The van der Waals surface area contributed by atoms with E-state index >= 15 is 0 Å². The zero-order valence-corrected chi connectivity index (χ0v) is 9.17. The predicted octanol–water partition coefficient (Wildman–Crippen LogP) is 2.35. The van der Waals surface area contributed by atoms with Crippen molar-refractivity contribution in [3.05, 3.63) is 29.8 Å². The number of thiol groups is 1. The van der Waals surface area contributed by atoms with Crippen LogP contribution in [0, 0.1) is 0 Å². The Morgan fingerprint density at radius 1 is 1.36 bits per heavy atom. The highest BCUT2D eigenvalue weighted by molar-refractivity contribution is 7.81. The molecular formula is C11H16O2S. The highest BCUT2D eigenvalue weighted by Crippen LogP contribution is 2.21. The first-order valence-electron chi connectivity index (χ1n) is 4.71. The first-order chi connectivity index (χ1) is 6.49. The van der Waals surface area contributed by atoms with Crippen LogP contribution in [-0.4, -0.2) is 15.1 Å². The first-order valence-corrected chi connectivity index (χ1v) is 5.15. The largest absolute Gasteiger partial charge is 0.508 e. The van der Waals surface area contributed by atoms with Gasteiger partial charge in [0.2, 0.25) is 0 Å². The van der Waals surface area contributed by atoms with E-state index in [4.69, 9.17) is 0 Å². The second-order valence-corrected chi connectivity index (χ2v) is 4.66. The molecule has 0 saturated carbocycles. The lowest BCUT2D eigenvalue weighted by atomic mass is 10.1. The average molecular weight is 212 g/mol. The van der Waals surface area contributed by atoms with Gasteiger partial charge in [-0.1, -0.05) is 18.2 Å². The van der Waals surface area contributed by atoms with E-state index in [0.717, 1.165) is 18.4 Å². The number of rotatable bonds is 4. The van der Waals surface area contributed by atoms with Crippen LogP contribution in [0.15, 0.2) is 24.3 Å². The van der Waals surface area contributed by atoms with Gasteiger partial charge in [-0.2, -0.15) is 0 Å². The summed E-state index contributed by atoms with van der Waals surface area (Å²) in [5.41, 5.74) is 0.921. The number of aromatic hydroxyl groups is 1. The lowest BCUT2D eigenvalue weighted by Crippen LogP contribution is -2.14. The molecule has 2 N–H and O–H groups in total. The molecule has 2 nitrogen and oxygen atoms in total. The maximum atomic E-state index is 9.46. The Morgan fingerprint density at radius 2 is 2.00 bits per heavy atom. The fourth-order valence-corrected chi connectivity index (χ4v) is 1.49. The van der Waals surface area contributed by atoms with Gasteiger partial charge in [-0.3, -0.25) is 0 Å². The molecule has 0 bridgehead atoms. The maximum Gasteiger partial charge on any atom is 0.118 e. The number of aryl methyl sites for hydroxylation is 1. The topological polar surface area (TPSA) is 40.5 Å². The molecule has 1 atom stereocenters. The molecule has 0 radical (unpaired) electrons. The second-order valence-electron chi connectivity index (χ2n) is 3.70. The summed E-state index contributed by atoms with van der Waals surface area (Å²) < 4.78 is 0. The zero-order valence-electron chi connectivity index (χ0n) is 8.27. The third kappa shape index (κ3) is 4.03. The van der Waals surface area contributed by atoms with E-state index in [1.807, 2.05) is 12.1 Å². The Balaban J connectivity index is 2.43. The number of phenols is 1. The normalized spacial score (nSPS) is 15.1. The monoisotopic (exact) mass is 212 g/mol. The van der Waals surface area contributed by atoms with Crippen molar-refractivity contribution in [2.45, 2.75) is 31.1 Å². The van der Waals surface area contributed by atoms with Gasteiger partial charge in [0.1, 0.15) is 10.7 Å². The van der Waals surface area contributed by atoms with E-state index in [9.17, 15) is 10.2 Å². The molecule has 1 rings (SSSR count). The highest BCUT2D eigenvalue weighted by atomic mass is 32.1. The molecule has 3 heteroatoms. The third-order valence-corrected chi connectivity index (χ3v) is 2.31. The van der Waals surface area contributed by atoms with Gasteiger partial charge >= 0.3 is 0 Å². The molecule has 0 amide bonds. The van der Waals surface area contributed by atoms with Crippen molar-refractivity contribution in [2.24, 2.45) is 0 Å². The van der Waals surface area contributed by atoms with Gasteiger partial charge in [-0.15, -0.1) is 12.6 Å². The Hall–Kier alpha value is -0.670. The van der Waals surface area contributed by atoms with Gasteiger partial charge in [0.05, 0.1) is 0 Å². The van der Waals surface area contributed by atoms with E-state index in [1.54, 1.807) is 19.1 Å². The lowest BCUT2D eigenvalue weighted by Gasteiger charge is -2.15. The molecule has 0 spiro atoms. The molecule has 78 valence electrons. The summed E-state index contributed by atoms with van der Waals surface area (Å²) in [4.78, 5) is -0.912. The number of hydrogen-bond donors (Lipinski definition) is 3. The molecule has 0 aliphatic rings. The number of aliphatic hydroxyl groups is 1. The summed E-state index contributed by atoms with van der Waals surface area (Å²) in [6.45, 7) is 1.67. The van der Waals surface area contributed by atoms with Crippen LogP contribution in [-0.2, 0) is 6.42 Å².